The summed E-state index contributed by atoms with van der Waals surface area (Å²) in [6, 6.07) is 17.8. The fourth-order valence-electron chi connectivity index (χ4n) is 2.40. The molecule has 0 atom stereocenters. The van der Waals surface area contributed by atoms with Crippen molar-refractivity contribution in [3.63, 3.8) is 0 Å². The van der Waals surface area contributed by atoms with Crippen molar-refractivity contribution < 1.29 is 13.7 Å². The van der Waals surface area contributed by atoms with Crippen LogP contribution in [0.5, 0.6) is 0 Å². The number of carbonyl (C=O) groups is 1. The van der Waals surface area contributed by atoms with Crippen LogP contribution in [-0.4, -0.2) is 17.6 Å². The van der Waals surface area contributed by atoms with Crippen LogP contribution in [0.25, 0.3) is 11.3 Å². The van der Waals surface area contributed by atoms with Crippen molar-refractivity contribution in [2.75, 3.05) is 6.54 Å². The van der Waals surface area contributed by atoms with Crippen molar-refractivity contribution in [1.82, 2.24) is 10.5 Å². The fourth-order valence-corrected chi connectivity index (χ4v) is 2.40. The van der Waals surface area contributed by atoms with Gasteiger partial charge in [-0.3, -0.25) is 4.79 Å². The summed E-state index contributed by atoms with van der Waals surface area (Å²) in [5.74, 6) is -0.202. The number of rotatable bonds is 6. The van der Waals surface area contributed by atoms with E-state index >= 15 is 0 Å². The Balaban J connectivity index is 1.53. The number of aromatic nitrogens is 1. The molecular formula is C19H17FN2O2. The summed E-state index contributed by atoms with van der Waals surface area (Å²) in [5, 5.41) is 6.68. The third-order valence-corrected chi connectivity index (χ3v) is 3.62. The lowest BCUT2D eigenvalue weighted by molar-refractivity contribution is -0.120. The van der Waals surface area contributed by atoms with E-state index in [0.717, 1.165) is 6.42 Å². The van der Waals surface area contributed by atoms with Crippen LogP contribution in [0.4, 0.5) is 4.39 Å². The molecule has 0 saturated carbocycles. The molecule has 1 aromatic heterocycles. The molecule has 0 spiro atoms. The molecule has 0 aliphatic rings. The highest BCUT2D eigenvalue weighted by atomic mass is 19.1. The molecule has 0 radical (unpaired) electrons. The zero-order valence-corrected chi connectivity index (χ0v) is 13.0. The van der Waals surface area contributed by atoms with Crippen molar-refractivity contribution >= 4 is 5.91 Å². The topological polar surface area (TPSA) is 55.1 Å². The predicted octanol–water partition coefficient (Wildman–Crippen LogP) is 3.38. The van der Waals surface area contributed by atoms with Gasteiger partial charge in [0.2, 0.25) is 5.91 Å². The summed E-state index contributed by atoms with van der Waals surface area (Å²) in [4.78, 5) is 11.9. The smallest absolute Gasteiger partial charge is 0.226 e. The van der Waals surface area contributed by atoms with Crippen LogP contribution in [0, 0.1) is 5.82 Å². The van der Waals surface area contributed by atoms with Gasteiger partial charge in [-0.15, -0.1) is 0 Å². The third kappa shape index (κ3) is 4.07. The van der Waals surface area contributed by atoms with Crippen LogP contribution >= 0.6 is 0 Å². The largest absolute Gasteiger partial charge is 0.356 e. The van der Waals surface area contributed by atoms with E-state index in [9.17, 15) is 9.18 Å². The number of nitrogens with zero attached hydrogens (tertiary/aromatic N) is 1. The normalized spacial score (nSPS) is 10.5. The maximum absolute atomic E-state index is 13.7. The summed E-state index contributed by atoms with van der Waals surface area (Å²) in [5.41, 5.74) is 1.98. The van der Waals surface area contributed by atoms with E-state index in [1.54, 1.807) is 24.3 Å². The highest BCUT2D eigenvalue weighted by Gasteiger charge is 2.13. The van der Waals surface area contributed by atoms with E-state index in [2.05, 4.69) is 10.5 Å². The molecule has 3 aromatic rings. The van der Waals surface area contributed by atoms with E-state index < -0.39 is 0 Å². The molecule has 0 fully saturated rings. The van der Waals surface area contributed by atoms with E-state index in [-0.39, 0.29) is 18.1 Å². The van der Waals surface area contributed by atoms with Crippen LogP contribution < -0.4 is 5.32 Å². The Labute approximate surface area is 139 Å². The first-order valence-corrected chi connectivity index (χ1v) is 7.73. The first-order valence-electron chi connectivity index (χ1n) is 7.73. The van der Waals surface area contributed by atoms with Gasteiger partial charge < -0.3 is 9.84 Å². The summed E-state index contributed by atoms with van der Waals surface area (Å²) in [6.45, 7) is 0.556. The zero-order valence-electron chi connectivity index (χ0n) is 13.0. The number of nitrogens with one attached hydrogen (secondary N) is 1. The fraction of sp³-hybridized carbons (Fsp3) is 0.158. The second-order valence-electron chi connectivity index (χ2n) is 5.42. The van der Waals surface area contributed by atoms with E-state index in [1.165, 1.54) is 11.6 Å². The van der Waals surface area contributed by atoms with Crippen molar-refractivity contribution in [3.8, 4) is 11.3 Å². The number of hydrogen-bond acceptors (Lipinski definition) is 3. The van der Waals surface area contributed by atoms with Gasteiger partial charge in [0.05, 0.1) is 17.7 Å². The Hall–Kier alpha value is -2.95. The van der Waals surface area contributed by atoms with Crippen molar-refractivity contribution in [2.45, 2.75) is 12.8 Å². The Morgan fingerprint density at radius 1 is 1.08 bits per heavy atom. The minimum Gasteiger partial charge on any atom is -0.356 e. The quantitative estimate of drug-likeness (QED) is 0.756. The van der Waals surface area contributed by atoms with Gasteiger partial charge in [0, 0.05) is 12.6 Å². The maximum Gasteiger partial charge on any atom is 0.226 e. The molecule has 1 N–H and O–H groups in total. The van der Waals surface area contributed by atoms with Gasteiger partial charge in [0.1, 0.15) is 5.82 Å². The lowest BCUT2D eigenvalue weighted by Crippen LogP contribution is -2.27. The Bertz CT molecular complexity index is 815. The van der Waals surface area contributed by atoms with E-state index in [4.69, 9.17) is 4.52 Å². The monoisotopic (exact) mass is 324 g/mol. The highest BCUT2D eigenvalue weighted by molar-refractivity contribution is 5.78. The van der Waals surface area contributed by atoms with Gasteiger partial charge in [-0.25, -0.2) is 4.39 Å². The molecule has 1 amide bonds. The Morgan fingerprint density at radius 3 is 2.62 bits per heavy atom. The Kier molecular flexibility index (Phi) is 5.01. The lowest BCUT2D eigenvalue weighted by Gasteiger charge is -2.03. The first-order chi connectivity index (χ1) is 11.7. The molecule has 0 aliphatic carbocycles. The molecule has 3 rings (SSSR count). The van der Waals surface area contributed by atoms with Gasteiger partial charge >= 0.3 is 0 Å². The van der Waals surface area contributed by atoms with Gasteiger partial charge in [0.25, 0.3) is 0 Å². The molecule has 0 saturated heterocycles. The standard InChI is InChI=1S/C19H17FN2O2/c20-17-9-5-4-8-16(17)18-12-15(22-24-18)13-19(23)21-11-10-14-6-2-1-3-7-14/h1-9,12H,10-11,13H2,(H,21,23). The highest BCUT2D eigenvalue weighted by Crippen LogP contribution is 2.23. The SMILES string of the molecule is O=C(Cc1cc(-c2ccccc2F)on1)NCCc1ccccc1. The van der Waals surface area contributed by atoms with Gasteiger partial charge in [0.15, 0.2) is 5.76 Å². The maximum atomic E-state index is 13.7. The molecule has 2 aromatic carbocycles. The van der Waals surface area contributed by atoms with Crippen molar-refractivity contribution in [3.05, 3.63) is 77.7 Å². The van der Waals surface area contributed by atoms with Crippen LogP contribution in [0.1, 0.15) is 11.3 Å². The number of amides is 1. The number of hydrogen-bond donors (Lipinski definition) is 1. The molecular weight excluding hydrogens is 307 g/mol. The van der Waals surface area contributed by atoms with E-state index in [0.29, 0.717) is 23.6 Å². The molecule has 0 aliphatic heterocycles. The summed E-state index contributed by atoms with van der Waals surface area (Å²) in [6.07, 6.45) is 0.874. The predicted molar refractivity (Wildman–Crippen MR) is 88.8 cm³/mol. The molecule has 5 heteroatoms. The average molecular weight is 324 g/mol. The second-order valence-corrected chi connectivity index (χ2v) is 5.42. The molecule has 122 valence electrons. The third-order valence-electron chi connectivity index (χ3n) is 3.62. The summed E-state index contributed by atoms with van der Waals surface area (Å²) < 4.78 is 18.8. The lowest BCUT2D eigenvalue weighted by atomic mass is 10.1. The van der Waals surface area contributed by atoms with Crippen molar-refractivity contribution in [1.29, 1.82) is 0 Å². The number of benzene rings is 2. The van der Waals surface area contributed by atoms with Crippen LogP contribution in [-0.2, 0) is 17.6 Å². The van der Waals surface area contributed by atoms with E-state index in [1.807, 2.05) is 30.3 Å². The number of carbonyl (C=O) groups excluding carboxylic acids is 1. The van der Waals surface area contributed by atoms with Gasteiger partial charge in [-0.1, -0.05) is 47.6 Å². The van der Waals surface area contributed by atoms with Gasteiger partial charge in [-0.05, 0) is 24.1 Å². The summed E-state index contributed by atoms with van der Waals surface area (Å²) in [7, 11) is 0. The van der Waals surface area contributed by atoms with Crippen LogP contribution in [0.3, 0.4) is 0 Å². The summed E-state index contributed by atoms with van der Waals surface area (Å²) >= 11 is 0. The zero-order chi connectivity index (χ0) is 16.8. The second kappa shape index (κ2) is 7.55. The minimum absolute atomic E-state index is 0.104. The minimum atomic E-state index is -0.382. The first kappa shape index (κ1) is 15.9. The van der Waals surface area contributed by atoms with Crippen LogP contribution in [0.2, 0.25) is 0 Å². The van der Waals surface area contributed by atoms with Crippen molar-refractivity contribution in [2.24, 2.45) is 0 Å². The molecule has 1 heterocycles. The Morgan fingerprint density at radius 2 is 1.83 bits per heavy atom. The molecule has 0 bridgehead atoms. The molecule has 0 unspecified atom stereocenters. The molecule has 24 heavy (non-hydrogen) atoms. The molecule has 4 nitrogen and oxygen atoms in total. The van der Waals surface area contributed by atoms with Gasteiger partial charge in [-0.2, -0.15) is 0 Å². The number of halogens is 1. The average Bonchev–Trinajstić information content (AvgIpc) is 3.04. The van der Waals surface area contributed by atoms with Crippen LogP contribution in [0.15, 0.2) is 65.2 Å².